The van der Waals surface area contributed by atoms with E-state index in [0.717, 1.165) is 25.3 Å². The van der Waals surface area contributed by atoms with E-state index in [1.165, 1.54) is 49.0 Å². The Morgan fingerprint density at radius 1 is 1.17 bits per heavy atom. The predicted molar refractivity (Wildman–Crippen MR) is 103 cm³/mol. The molecule has 1 unspecified atom stereocenters. The highest BCUT2D eigenvalue weighted by Gasteiger charge is 2.27. The highest BCUT2D eigenvalue weighted by atomic mass is 35.5. The number of aryl methyl sites for hydroxylation is 1. The summed E-state index contributed by atoms with van der Waals surface area (Å²) in [4.78, 5) is 13.8. The van der Waals surface area contributed by atoms with Crippen molar-refractivity contribution in [2.24, 2.45) is 0 Å². The van der Waals surface area contributed by atoms with Gasteiger partial charge in [0, 0.05) is 24.0 Å². The van der Waals surface area contributed by atoms with Crippen LogP contribution in [0.15, 0.2) is 11.4 Å². The average Bonchev–Trinajstić information content (AvgIpc) is 2.87. The molecular weight excluding hydrogens is 348 g/mol. The van der Waals surface area contributed by atoms with Crippen molar-refractivity contribution >= 4 is 41.4 Å². The summed E-state index contributed by atoms with van der Waals surface area (Å²) in [6.07, 6.45) is 9.18. The van der Waals surface area contributed by atoms with Crippen LogP contribution < -0.4 is 10.6 Å². The minimum Gasteiger partial charge on any atom is -0.354 e. The summed E-state index contributed by atoms with van der Waals surface area (Å²) < 4.78 is 0. The van der Waals surface area contributed by atoms with E-state index in [-0.39, 0.29) is 23.6 Å². The van der Waals surface area contributed by atoms with Gasteiger partial charge >= 0.3 is 0 Å². The minimum absolute atomic E-state index is 0. The van der Waals surface area contributed by atoms with Crippen molar-refractivity contribution in [1.29, 1.82) is 0 Å². The minimum atomic E-state index is 0. The quantitative estimate of drug-likeness (QED) is 0.606. The van der Waals surface area contributed by atoms with Crippen molar-refractivity contribution in [1.82, 2.24) is 10.6 Å². The molecule has 1 aromatic rings. The molecule has 130 valence electrons. The summed E-state index contributed by atoms with van der Waals surface area (Å²) in [7, 11) is 0. The molecule has 1 aliphatic carbocycles. The molecule has 1 aliphatic heterocycles. The van der Waals surface area contributed by atoms with Crippen LogP contribution in [0.5, 0.6) is 0 Å². The van der Waals surface area contributed by atoms with Crippen molar-refractivity contribution < 1.29 is 4.79 Å². The highest BCUT2D eigenvalue weighted by Crippen LogP contribution is 2.39. The molecule has 1 saturated carbocycles. The highest BCUT2D eigenvalue weighted by molar-refractivity contribution is 8.00. The van der Waals surface area contributed by atoms with Crippen molar-refractivity contribution in [3.63, 3.8) is 0 Å². The van der Waals surface area contributed by atoms with E-state index in [0.29, 0.717) is 6.04 Å². The van der Waals surface area contributed by atoms with Crippen LogP contribution >= 0.6 is 35.5 Å². The number of fused-ring (bicyclic) bond motifs is 1. The van der Waals surface area contributed by atoms with Gasteiger partial charge in [0.05, 0.1) is 0 Å². The van der Waals surface area contributed by atoms with Crippen LogP contribution in [0.25, 0.3) is 0 Å². The molecule has 2 aliphatic rings. The monoisotopic (exact) mass is 374 g/mol. The van der Waals surface area contributed by atoms with Crippen molar-refractivity contribution in [3.8, 4) is 0 Å². The molecule has 0 spiro atoms. The average molecular weight is 375 g/mol. The lowest BCUT2D eigenvalue weighted by Gasteiger charge is -2.22. The van der Waals surface area contributed by atoms with E-state index < -0.39 is 0 Å². The first kappa shape index (κ1) is 19.1. The number of thioether (sulfide) groups is 1. The lowest BCUT2D eigenvalue weighted by molar-refractivity contribution is -0.120. The van der Waals surface area contributed by atoms with Crippen molar-refractivity contribution in [3.05, 3.63) is 21.9 Å². The predicted octanol–water partition coefficient (Wildman–Crippen LogP) is 3.93. The number of halogens is 1. The molecule has 1 fully saturated rings. The summed E-state index contributed by atoms with van der Waals surface area (Å²) in [5.41, 5.74) is 1.25. The molecule has 1 amide bonds. The number of rotatable bonds is 5. The maximum absolute atomic E-state index is 12.4. The SMILES string of the molecule is Cl.O=C(NCCNC1CCCCCC1)C1SCCc2sccc21. The summed E-state index contributed by atoms with van der Waals surface area (Å²) >= 11 is 3.57. The normalized spacial score (nSPS) is 21.8. The maximum Gasteiger partial charge on any atom is 0.237 e. The lowest BCUT2D eigenvalue weighted by Crippen LogP contribution is -2.38. The lowest BCUT2D eigenvalue weighted by atomic mass is 10.1. The molecule has 6 heteroatoms. The number of carbonyl (C=O) groups is 1. The summed E-state index contributed by atoms with van der Waals surface area (Å²) in [6.45, 7) is 1.64. The second-order valence-electron chi connectivity index (χ2n) is 6.23. The summed E-state index contributed by atoms with van der Waals surface area (Å²) in [6, 6.07) is 2.78. The summed E-state index contributed by atoms with van der Waals surface area (Å²) in [5, 5.41) is 8.86. The van der Waals surface area contributed by atoms with Crippen LogP contribution in [0.4, 0.5) is 0 Å². The topological polar surface area (TPSA) is 41.1 Å². The molecule has 0 bridgehead atoms. The molecule has 1 aromatic heterocycles. The van der Waals surface area contributed by atoms with Crippen LogP contribution in [0.2, 0.25) is 0 Å². The summed E-state index contributed by atoms with van der Waals surface area (Å²) in [5.74, 6) is 1.25. The Bertz CT molecular complexity index is 487. The van der Waals surface area contributed by atoms with Gasteiger partial charge in [-0.3, -0.25) is 4.79 Å². The van der Waals surface area contributed by atoms with Crippen LogP contribution in [-0.4, -0.2) is 30.8 Å². The van der Waals surface area contributed by atoms with E-state index >= 15 is 0 Å². The number of thiophene rings is 1. The zero-order valence-electron chi connectivity index (χ0n) is 13.5. The molecule has 2 N–H and O–H groups in total. The number of hydrogen-bond acceptors (Lipinski definition) is 4. The first-order chi connectivity index (χ1) is 10.8. The van der Waals surface area contributed by atoms with Gasteiger partial charge in [-0.15, -0.1) is 35.5 Å². The third-order valence-electron chi connectivity index (χ3n) is 4.63. The van der Waals surface area contributed by atoms with E-state index in [4.69, 9.17) is 0 Å². The van der Waals surface area contributed by atoms with Gasteiger partial charge in [-0.05, 0) is 42.0 Å². The van der Waals surface area contributed by atoms with Gasteiger partial charge in [0.1, 0.15) is 5.25 Å². The third-order valence-corrected chi connectivity index (χ3v) is 6.86. The first-order valence-corrected chi connectivity index (χ1v) is 10.5. The molecule has 0 aromatic carbocycles. The van der Waals surface area contributed by atoms with Crippen LogP contribution in [0.3, 0.4) is 0 Å². The second kappa shape index (κ2) is 9.92. The van der Waals surface area contributed by atoms with Gasteiger partial charge in [0.15, 0.2) is 0 Å². The standard InChI is InChI=1S/C17H26N2OS2.ClH/c20-17(16-14-7-11-21-15(14)8-12-22-16)19-10-9-18-13-5-3-1-2-4-6-13;/h7,11,13,16,18H,1-6,8-10,12H2,(H,19,20);1H. The number of amides is 1. The molecule has 3 rings (SSSR count). The molecule has 2 heterocycles. The van der Waals surface area contributed by atoms with Gasteiger partial charge in [-0.2, -0.15) is 0 Å². The van der Waals surface area contributed by atoms with E-state index in [2.05, 4.69) is 22.1 Å². The van der Waals surface area contributed by atoms with Crippen LogP contribution in [0.1, 0.15) is 54.2 Å². The Kier molecular flexibility index (Phi) is 8.24. The first-order valence-electron chi connectivity index (χ1n) is 8.53. The maximum atomic E-state index is 12.4. The molecule has 3 nitrogen and oxygen atoms in total. The zero-order valence-corrected chi connectivity index (χ0v) is 16.0. The molecule has 0 radical (unpaired) electrons. The molecular formula is C17H27ClN2OS2. The Morgan fingerprint density at radius 3 is 2.74 bits per heavy atom. The van der Waals surface area contributed by atoms with Gasteiger partial charge in [-0.1, -0.05) is 25.7 Å². The third kappa shape index (κ3) is 5.38. The van der Waals surface area contributed by atoms with Crippen molar-refractivity contribution in [2.75, 3.05) is 18.8 Å². The van der Waals surface area contributed by atoms with Crippen molar-refractivity contribution in [2.45, 2.75) is 56.2 Å². The molecule has 0 saturated heterocycles. The number of nitrogens with one attached hydrogen (secondary N) is 2. The molecule has 23 heavy (non-hydrogen) atoms. The molecule has 1 atom stereocenters. The fourth-order valence-electron chi connectivity index (χ4n) is 3.40. The Labute approximate surface area is 153 Å². The number of carbonyl (C=O) groups excluding carboxylic acids is 1. The van der Waals surface area contributed by atoms with Crippen LogP contribution in [-0.2, 0) is 11.2 Å². The van der Waals surface area contributed by atoms with Gasteiger partial charge < -0.3 is 10.6 Å². The van der Waals surface area contributed by atoms with Crippen LogP contribution in [0, 0.1) is 0 Å². The second-order valence-corrected chi connectivity index (χ2v) is 8.45. The van der Waals surface area contributed by atoms with E-state index in [1.807, 2.05) is 0 Å². The Hall–Kier alpha value is -0.230. The zero-order chi connectivity index (χ0) is 15.2. The van der Waals surface area contributed by atoms with Gasteiger partial charge in [0.2, 0.25) is 5.91 Å². The Balaban J connectivity index is 0.00000192. The van der Waals surface area contributed by atoms with E-state index in [9.17, 15) is 4.79 Å². The van der Waals surface area contributed by atoms with Gasteiger partial charge in [0.25, 0.3) is 0 Å². The largest absolute Gasteiger partial charge is 0.354 e. The smallest absolute Gasteiger partial charge is 0.237 e. The number of hydrogen-bond donors (Lipinski definition) is 2. The van der Waals surface area contributed by atoms with Gasteiger partial charge in [-0.25, -0.2) is 0 Å². The Morgan fingerprint density at radius 2 is 1.96 bits per heavy atom. The fourth-order valence-corrected chi connectivity index (χ4v) is 5.72. The fraction of sp³-hybridized carbons (Fsp3) is 0.706. The van der Waals surface area contributed by atoms with E-state index in [1.54, 1.807) is 23.1 Å².